The van der Waals surface area contributed by atoms with Crippen LogP contribution in [-0.2, 0) is 27.8 Å². The Balaban J connectivity index is 1.62. The summed E-state index contributed by atoms with van der Waals surface area (Å²) in [5.74, 6) is 0.952. The van der Waals surface area contributed by atoms with Crippen molar-refractivity contribution in [3.8, 4) is 5.75 Å². The summed E-state index contributed by atoms with van der Waals surface area (Å²) in [6.07, 6.45) is 3.54. The molecule has 2 aromatic rings. The molecule has 2 aromatic carbocycles. The number of ether oxygens (including phenoxy) is 2. The van der Waals surface area contributed by atoms with E-state index in [4.69, 9.17) is 9.47 Å². The lowest BCUT2D eigenvalue weighted by Gasteiger charge is -2.36. The van der Waals surface area contributed by atoms with Gasteiger partial charge in [-0.1, -0.05) is 12.1 Å². The zero-order valence-corrected chi connectivity index (χ0v) is 19.0. The summed E-state index contributed by atoms with van der Waals surface area (Å²) in [4.78, 5) is 0.177. The summed E-state index contributed by atoms with van der Waals surface area (Å²) in [7, 11) is -3.78. The molecule has 0 aliphatic carbocycles. The van der Waals surface area contributed by atoms with Gasteiger partial charge in [0, 0.05) is 24.8 Å². The molecule has 0 amide bonds. The van der Waals surface area contributed by atoms with Crippen LogP contribution < -0.4 is 9.04 Å². The van der Waals surface area contributed by atoms with E-state index in [2.05, 4.69) is 0 Å². The molecule has 1 fully saturated rings. The summed E-state index contributed by atoms with van der Waals surface area (Å²) in [5, 5.41) is 9.89. The molecule has 0 aromatic heterocycles. The number of fused-ring (bicyclic) bond motifs is 1. The summed E-state index contributed by atoms with van der Waals surface area (Å²) >= 11 is 0. The minimum Gasteiger partial charge on any atom is -0.493 e. The van der Waals surface area contributed by atoms with Crippen LogP contribution in [0.2, 0.25) is 0 Å². The number of hydrogen-bond acceptors (Lipinski definition) is 5. The summed E-state index contributed by atoms with van der Waals surface area (Å²) in [6, 6.07) is 10.7. The van der Waals surface area contributed by atoms with Gasteiger partial charge < -0.3 is 14.6 Å². The number of benzene rings is 2. The van der Waals surface area contributed by atoms with E-state index in [-0.39, 0.29) is 17.5 Å². The van der Waals surface area contributed by atoms with Crippen LogP contribution in [-0.4, -0.2) is 39.4 Å². The van der Waals surface area contributed by atoms with Crippen molar-refractivity contribution in [3.63, 3.8) is 0 Å². The second-order valence-corrected chi connectivity index (χ2v) is 10.4. The van der Waals surface area contributed by atoms with Gasteiger partial charge in [0.05, 0.1) is 23.8 Å². The molecule has 1 atom stereocenters. The van der Waals surface area contributed by atoms with Gasteiger partial charge in [-0.15, -0.1) is 0 Å². The smallest absolute Gasteiger partial charge is 0.264 e. The van der Waals surface area contributed by atoms with Gasteiger partial charge in [0.1, 0.15) is 5.75 Å². The molecule has 0 bridgehead atoms. The maximum atomic E-state index is 13.6. The molecular formula is C24H31NO5S. The Labute approximate surface area is 184 Å². The van der Waals surface area contributed by atoms with Gasteiger partial charge in [0.2, 0.25) is 0 Å². The SMILES string of the molecule is Cc1ccc2c(c1)N(S(=O)(=O)c1ccc(OCC3CCOCC3)c(CO)c1)[C@@H](C)CC2. The Morgan fingerprint density at radius 3 is 2.65 bits per heavy atom. The first-order valence-electron chi connectivity index (χ1n) is 11.0. The Bertz CT molecular complexity index is 1030. The van der Waals surface area contributed by atoms with Crippen LogP contribution in [0.15, 0.2) is 41.3 Å². The van der Waals surface area contributed by atoms with E-state index in [0.717, 1.165) is 55.7 Å². The van der Waals surface area contributed by atoms with Crippen molar-refractivity contribution in [1.82, 2.24) is 0 Å². The van der Waals surface area contributed by atoms with Crippen LogP contribution in [0.3, 0.4) is 0 Å². The zero-order chi connectivity index (χ0) is 22.0. The highest BCUT2D eigenvalue weighted by Gasteiger charge is 2.34. The maximum Gasteiger partial charge on any atom is 0.264 e. The summed E-state index contributed by atoms with van der Waals surface area (Å²) in [5.41, 5.74) is 3.32. The van der Waals surface area contributed by atoms with Crippen molar-refractivity contribution >= 4 is 15.7 Å². The fraction of sp³-hybridized carbons (Fsp3) is 0.500. The van der Waals surface area contributed by atoms with E-state index >= 15 is 0 Å². The van der Waals surface area contributed by atoms with Gasteiger partial charge in [0.15, 0.2) is 0 Å². The molecular weight excluding hydrogens is 414 g/mol. The van der Waals surface area contributed by atoms with Crippen molar-refractivity contribution < 1.29 is 23.0 Å². The predicted molar refractivity (Wildman–Crippen MR) is 120 cm³/mol. The number of nitrogens with zero attached hydrogens (tertiary/aromatic N) is 1. The third kappa shape index (κ3) is 4.59. The molecule has 0 spiro atoms. The van der Waals surface area contributed by atoms with E-state index in [1.807, 2.05) is 32.0 Å². The molecule has 4 rings (SSSR count). The first-order valence-corrected chi connectivity index (χ1v) is 12.4. The van der Waals surface area contributed by atoms with Crippen molar-refractivity contribution in [1.29, 1.82) is 0 Å². The summed E-state index contributed by atoms with van der Waals surface area (Å²) in [6.45, 7) is 5.66. The first-order chi connectivity index (χ1) is 14.9. The zero-order valence-electron chi connectivity index (χ0n) is 18.2. The topological polar surface area (TPSA) is 76.1 Å². The van der Waals surface area contributed by atoms with E-state index < -0.39 is 10.0 Å². The molecule has 1 N–H and O–H groups in total. The highest BCUT2D eigenvalue weighted by Crippen LogP contribution is 2.37. The largest absolute Gasteiger partial charge is 0.493 e. The molecule has 7 heteroatoms. The van der Waals surface area contributed by atoms with Crippen LogP contribution in [0, 0.1) is 12.8 Å². The van der Waals surface area contributed by atoms with Gasteiger partial charge >= 0.3 is 0 Å². The van der Waals surface area contributed by atoms with Crippen LogP contribution in [0.4, 0.5) is 5.69 Å². The average Bonchev–Trinajstić information content (AvgIpc) is 2.77. The van der Waals surface area contributed by atoms with Crippen molar-refractivity contribution in [2.75, 3.05) is 24.1 Å². The molecule has 0 saturated carbocycles. The second kappa shape index (κ2) is 9.18. The number of anilines is 1. The third-order valence-corrected chi connectivity index (χ3v) is 8.21. The Morgan fingerprint density at radius 2 is 1.90 bits per heavy atom. The first kappa shape index (κ1) is 22.1. The lowest BCUT2D eigenvalue weighted by Crippen LogP contribution is -2.42. The molecule has 1 saturated heterocycles. The van der Waals surface area contributed by atoms with Crippen molar-refractivity contribution in [2.45, 2.75) is 57.1 Å². The average molecular weight is 446 g/mol. The van der Waals surface area contributed by atoms with Gasteiger partial charge in [0.25, 0.3) is 10.0 Å². The molecule has 2 aliphatic rings. The van der Waals surface area contributed by atoms with E-state index in [1.54, 1.807) is 18.2 Å². The van der Waals surface area contributed by atoms with E-state index in [1.165, 1.54) is 4.31 Å². The monoisotopic (exact) mass is 445 g/mol. The van der Waals surface area contributed by atoms with Gasteiger partial charge in [-0.3, -0.25) is 4.31 Å². The number of aliphatic hydroxyl groups excluding tert-OH is 1. The molecule has 0 radical (unpaired) electrons. The van der Waals surface area contributed by atoms with Crippen molar-refractivity contribution in [3.05, 3.63) is 53.1 Å². The number of aliphatic hydroxyl groups is 1. The van der Waals surface area contributed by atoms with Crippen molar-refractivity contribution in [2.24, 2.45) is 5.92 Å². The van der Waals surface area contributed by atoms with Gasteiger partial charge in [-0.25, -0.2) is 8.42 Å². The number of hydrogen-bond donors (Lipinski definition) is 1. The maximum absolute atomic E-state index is 13.6. The molecule has 2 heterocycles. The highest BCUT2D eigenvalue weighted by molar-refractivity contribution is 7.92. The molecule has 0 unspecified atom stereocenters. The Morgan fingerprint density at radius 1 is 1.13 bits per heavy atom. The second-order valence-electron chi connectivity index (χ2n) is 8.62. The number of rotatable bonds is 6. The summed E-state index contributed by atoms with van der Waals surface area (Å²) < 4.78 is 40.2. The van der Waals surface area contributed by atoms with Crippen LogP contribution >= 0.6 is 0 Å². The lowest BCUT2D eigenvalue weighted by atomic mass is 9.98. The molecule has 31 heavy (non-hydrogen) atoms. The normalized spacial score (nSPS) is 19.8. The number of aryl methyl sites for hydroxylation is 2. The fourth-order valence-electron chi connectivity index (χ4n) is 4.39. The number of sulfonamides is 1. The predicted octanol–water partition coefficient (Wildman–Crippen LogP) is 3.82. The van der Waals surface area contributed by atoms with E-state index in [9.17, 15) is 13.5 Å². The molecule has 2 aliphatic heterocycles. The minimum absolute atomic E-state index is 0.138. The lowest BCUT2D eigenvalue weighted by molar-refractivity contribution is 0.0494. The highest BCUT2D eigenvalue weighted by atomic mass is 32.2. The van der Waals surface area contributed by atoms with Crippen LogP contribution in [0.5, 0.6) is 5.75 Å². The Hall–Kier alpha value is -2.09. The molecule has 168 valence electrons. The quantitative estimate of drug-likeness (QED) is 0.732. The molecule has 6 nitrogen and oxygen atoms in total. The Kier molecular flexibility index (Phi) is 6.55. The van der Waals surface area contributed by atoms with Crippen LogP contribution in [0.1, 0.15) is 42.9 Å². The fourth-order valence-corrected chi connectivity index (χ4v) is 6.16. The van der Waals surface area contributed by atoms with Crippen LogP contribution in [0.25, 0.3) is 0 Å². The minimum atomic E-state index is -3.78. The van der Waals surface area contributed by atoms with Gasteiger partial charge in [-0.2, -0.15) is 0 Å². The van der Waals surface area contributed by atoms with E-state index in [0.29, 0.717) is 23.8 Å². The standard InChI is InChI=1S/C24H31NO5S/c1-17-3-5-20-6-4-18(2)25(23(20)13-17)31(27,28)22-7-8-24(21(14-22)15-26)30-16-19-9-11-29-12-10-19/h3,5,7-8,13-14,18-19,26H,4,6,9-12,15-16H2,1-2H3/t18-/m0/s1. The third-order valence-electron chi connectivity index (χ3n) is 6.28. The van der Waals surface area contributed by atoms with Gasteiger partial charge in [-0.05, 0) is 80.8 Å².